The van der Waals surface area contributed by atoms with Crippen LogP contribution in [0.4, 0.5) is 11.7 Å². The molecule has 0 aliphatic rings. The van der Waals surface area contributed by atoms with E-state index in [9.17, 15) is 4.79 Å². The SMILES string of the molecule is CCNC(=O)CN(C)c1nc2cc(N)ccc2o1. The number of amides is 1. The number of hydrogen-bond acceptors (Lipinski definition) is 5. The molecule has 2 aromatic rings. The fraction of sp³-hybridized carbons (Fsp3) is 0.333. The van der Waals surface area contributed by atoms with Crippen molar-refractivity contribution in [2.75, 3.05) is 30.8 Å². The molecule has 6 heteroatoms. The Kier molecular flexibility index (Phi) is 3.36. The van der Waals surface area contributed by atoms with Crippen molar-refractivity contribution in [2.45, 2.75) is 6.92 Å². The molecule has 1 heterocycles. The van der Waals surface area contributed by atoms with Crippen molar-refractivity contribution in [1.82, 2.24) is 10.3 Å². The van der Waals surface area contributed by atoms with Gasteiger partial charge in [0.25, 0.3) is 6.01 Å². The van der Waals surface area contributed by atoms with Gasteiger partial charge in [-0.15, -0.1) is 0 Å². The third-order valence-corrected chi connectivity index (χ3v) is 2.48. The highest BCUT2D eigenvalue weighted by atomic mass is 16.4. The van der Waals surface area contributed by atoms with Gasteiger partial charge in [0.05, 0.1) is 0 Å². The first-order valence-corrected chi connectivity index (χ1v) is 5.74. The van der Waals surface area contributed by atoms with Gasteiger partial charge >= 0.3 is 0 Å². The van der Waals surface area contributed by atoms with Crippen LogP contribution in [0.1, 0.15) is 6.92 Å². The fourth-order valence-electron chi connectivity index (χ4n) is 1.63. The fourth-order valence-corrected chi connectivity index (χ4v) is 1.63. The summed E-state index contributed by atoms with van der Waals surface area (Å²) < 4.78 is 5.54. The van der Waals surface area contributed by atoms with Gasteiger partial charge in [0, 0.05) is 19.3 Å². The average Bonchev–Trinajstić information content (AvgIpc) is 2.72. The van der Waals surface area contributed by atoms with E-state index in [1.807, 2.05) is 6.92 Å². The second kappa shape index (κ2) is 4.95. The molecule has 0 unspecified atom stereocenters. The van der Waals surface area contributed by atoms with Crippen LogP contribution in [0.3, 0.4) is 0 Å². The first-order valence-electron chi connectivity index (χ1n) is 5.74. The molecular formula is C12H16N4O2. The second-order valence-corrected chi connectivity index (χ2v) is 4.03. The number of carbonyl (C=O) groups excluding carboxylic acids is 1. The number of benzene rings is 1. The lowest BCUT2D eigenvalue weighted by Crippen LogP contribution is -2.35. The molecule has 0 saturated heterocycles. The van der Waals surface area contributed by atoms with Gasteiger partial charge in [-0.3, -0.25) is 4.79 Å². The Balaban J connectivity index is 2.17. The number of nitrogens with two attached hydrogens (primary N) is 1. The van der Waals surface area contributed by atoms with E-state index in [-0.39, 0.29) is 12.5 Å². The predicted molar refractivity (Wildman–Crippen MR) is 70.4 cm³/mol. The van der Waals surface area contributed by atoms with Crippen LogP contribution in [0.5, 0.6) is 0 Å². The summed E-state index contributed by atoms with van der Waals surface area (Å²) in [6.45, 7) is 2.69. The van der Waals surface area contributed by atoms with Crippen molar-refractivity contribution in [3.8, 4) is 0 Å². The second-order valence-electron chi connectivity index (χ2n) is 4.03. The van der Waals surface area contributed by atoms with Crippen molar-refractivity contribution in [3.05, 3.63) is 18.2 Å². The number of hydrogen-bond donors (Lipinski definition) is 2. The van der Waals surface area contributed by atoms with E-state index < -0.39 is 0 Å². The molecule has 0 fully saturated rings. The van der Waals surface area contributed by atoms with Gasteiger partial charge in [0.2, 0.25) is 5.91 Å². The Morgan fingerprint density at radius 1 is 1.56 bits per heavy atom. The minimum Gasteiger partial charge on any atom is -0.423 e. The number of aromatic nitrogens is 1. The zero-order valence-corrected chi connectivity index (χ0v) is 10.4. The molecule has 96 valence electrons. The molecule has 6 nitrogen and oxygen atoms in total. The summed E-state index contributed by atoms with van der Waals surface area (Å²) in [5.74, 6) is -0.0678. The highest BCUT2D eigenvalue weighted by Crippen LogP contribution is 2.22. The van der Waals surface area contributed by atoms with Crippen molar-refractivity contribution in [1.29, 1.82) is 0 Å². The Morgan fingerprint density at radius 3 is 3.06 bits per heavy atom. The molecule has 0 spiro atoms. The molecule has 3 N–H and O–H groups in total. The first kappa shape index (κ1) is 12.2. The number of rotatable bonds is 4. The third-order valence-electron chi connectivity index (χ3n) is 2.48. The van der Waals surface area contributed by atoms with Gasteiger partial charge in [-0.25, -0.2) is 0 Å². The van der Waals surface area contributed by atoms with E-state index in [0.717, 1.165) is 0 Å². The molecule has 18 heavy (non-hydrogen) atoms. The number of oxazole rings is 1. The highest BCUT2D eigenvalue weighted by molar-refractivity contribution is 5.82. The Bertz CT molecular complexity index is 564. The molecule has 0 radical (unpaired) electrons. The first-order chi connectivity index (χ1) is 8.60. The predicted octanol–water partition coefficient (Wildman–Crippen LogP) is 0.982. The van der Waals surface area contributed by atoms with Crippen LogP contribution >= 0.6 is 0 Å². The summed E-state index contributed by atoms with van der Waals surface area (Å²) in [5, 5.41) is 2.72. The lowest BCUT2D eigenvalue weighted by Gasteiger charge is -2.13. The molecule has 0 aliphatic heterocycles. The normalized spacial score (nSPS) is 10.6. The van der Waals surface area contributed by atoms with Gasteiger partial charge in [-0.05, 0) is 25.1 Å². The quantitative estimate of drug-likeness (QED) is 0.788. The highest BCUT2D eigenvalue weighted by Gasteiger charge is 2.13. The number of nitrogen functional groups attached to an aromatic ring is 1. The summed E-state index contributed by atoms with van der Waals surface area (Å²) in [6.07, 6.45) is 0. The number of carbonyl (C=O) groups is 1. The topological polar surface area (TPSA) is 84.4 Å². The molecule has 0 atom stereocenters. The summed E-state index contributed by atoms with van der Waals surface area (Å²) in [5.41, 5.74) is 7.65. The maximum Gasteiger partial charge on any atom is 0.298 e. The summed E-state index contributed by atoms with van der Waals surface area (Å²) in [7, 11) is 1.75. The lowest BCUT2D eigenvalue weighted by molar-refractivity contribution is -0.119. The standard InChI is InChI=1S/C12H16N4O2/c1-3-14-11(17)7-16(2)12-15-9-6-8(13)4-5-10(9)18-12/h4-6H,3,7,13H2,1-2H3,(H,14,17). The third kappa shape index (κ3) is 2.53. The maximum atomic E-state index is 11.5. The van der Waals surface area contributed by atoms with Gasteiger partial charge in [-0.1, -0.05) is 0 Å². The number of likely N-dealkylation sites (N-methyl/N-ethyl adjacent to an activating group) is 2. The van der Waals surface area contributed by atoms with E-state index in [0.29, 0.717) is 29.3 Å². The van der Waals surface area contributed by atoms with Gasteiger partial charge < -0.3 is 20.4 Å². The van der Waals surface area contributed by atoms with Gasteiger partial charge in [0.1, 0.15) is 12.1 Å². The summed E-state index contributed by atoms with van der Waals surface area (Å²) >= 11 is 0. The molecule has 2 rings (SSSR count). The minimum atomic E-state index is -0.0678. The molecule has 0 bridgehead atoms. The summed E-state index contributed by atoms with van der Waals surface area (Å²) in [6, 6.07) is 5.66. The molecule has 0 aliphatic carbocycles. The monoisotopic (exact) mass is 248 g/mol. The van der Waals surface area contributed by atoms with Crippen molar-refractivity contribution >= 4 is 28.7 Å². The van der Waals surface area contributed by atoms with Crippen molar-refractivity contribution < 1.29 is 9.21 Å². The molecule has 1 amide bonds. The van der Waals surface area contributed by atoms with Crippen molar-refractivity contribution in [2.24, 2.45) is 0 Å². The summed E-state index contributed by atoms with van der Waals surface area (Å²) in [4.78, 5) is 17.4. The van der Waals surface area contributed by atoms with E-state index in [1.165, 1.54) is 0 Å². The Morgan fingerprint density at radius 2 is 2.33 bits per heavy atom. The van der Waals surface area contributed by atoms with E-state index in [2.05, 4.69) is 10.3 Å². The Hall–Kier alpha value is -2.24. The average molecular weight is 248 g/mol. The van der Waals surface area contributed by atoms with Crippen LogP contribution in [0.2, 0.25) is 0 Å². The number of fused-ring (bicyclic) bond motifs is 1. The van der Waals surface area contributed by atoms with Crippen LogP contribution in [-0.4, -0.2) is 31.0 Å². The minimum absolute atomic E-state index is 0.0678. The molecular weight excluding hydrogens is 232 g/mol. The van der Waals surface area contributed by atoms with Crippen LogP contribution in [0, 0.1) is 0 Å². The maximum absolute atomic E-state index is 11.5. The molecule has 1 aromatic carbocycles. The van der Waals surface area contributed by atoms with E-state index in [4.69, 9.17) is 10.2 Å². The number of nitrogens with one attached hydrogen (secondary N) is 1. The van der Waals surface area contributed by atoms with Crippen LogP contribution in [0.15, 0.2) is 22.6 Å². The zero-order chi connectivity index (χ0) is 13.1. The molecule has 0 saturated carbocycles. The number of anilines is 2. The molecule has 1 aromatic heterocycles. The van der Waals surface area contributed by atoms with Gasteiger partial charge in [-0.2, -0.15) is 4.98 Å². The zero-order valence-electron chi connectivity index (χ0n) is 10.4. The van der Waals surface area contributed by atoms with E-state index in [1.54, 1.807) is 30.1 Å². The lowest BCUT2D eigenvalue weighted by atomic mass is 10.3. The van der Waals surface area contributed by atoms with Gasteiger partial charge in [0.15, 0.2) is 5.58 Å². The van der Waals surface area contributed by atoms with Crippen LogP contribution in [0.25, 0.3) is 11.1 Å². The van der Waals surface area contributed by atoms with Crippen LogP contribution in [-0.2, 0) is 4.79 Å². The smallest absolute Gasteiger partial charge is 0.298 e. The van der Waals surface area contributed by atoms with Crippen LogP contribution < -0.4 is 16.0 Å². The Labute approximate surface area is 105 Å². The van der Waals surface area contributed by atoms with Crippen molar-refractivity contribution in [3.63, 3.8) is 0 Å². The number of nitrogens with zero attached hydrogens (tertiary/aromatic N) is 2. The van der Waals surface area contributed by atoms with E-state index >= 15 is 0 Å². The largest absolute Gasteiger partial charge is 0.423 e.